The van der Waals surface area contributed by atoms with E-state index in [2.05, 4.69) is 49.5 Å². The van der Waals surface area contributed by atoms with Crippen molar-refractivity contribution in [3.05, 3.63) is 65.7 Å². The van der Waals surface area contributed by atoms with Crippen LogP contribution in [0, 0.1) is 11.3 Å². The first-order chi connectivity index (χ1) is 9.62. The van der Waals surface area contributed by atoms with Crippen molar-refractivity contribution in [1.82, 2.24) is 0 Å². The van der Waals surface area contributed by atoms with E-state index in [4.69, 9.17) is 5.26 Å². The zero-order chi connectivity index (χ0) is 14.4. The molecular formula is C18H20N2. The number of nitriles is 1. The fourth-order valence-corrected chi connectivity index (χ4v) is 2.15. The van der Waals surface area contributed by atoms with Gasteiger partial charge >= 0.3 is 0 Å². The van der Waals surface area contributed by atoms with Crippen LogP contribution in [0.15, 0.2) is 54.6 Å². The molecule has 0 bridgehead atoms. The van der Waals surface area contributed by atoms with Crippen LogP contribution in [0.5, 0.6) is 0 Å². The highest BCUT2D eigenvalue weighted by molar-refractivity contribution is 5.46. The molecule has 0 aromatic heterocycles. The number of nitrogens with zero attached hydrogens (tertiary/aromatic N) is 1. The molecule has 0 spiro atoms. The van der Waals surface area contributed by atoms with E-state index in [1.54, 1.807) is 0 Å². The molecule has 20 heavy (non-hydrogen) atoms. The second-order valence-electron chi connectivity index (χ2n) is 5.64. The predicted molar refractivity (Wildman–Crippen MR) is 83.7 cm³/mol. The maximum atomic E-state index is 8.66. The molecule has 0 heterocycles. The van der Waals surface area contributed by atoms with Crippen molar-refractivity contribution in [3.8, 4) is 6.07 Å². The minimum atomic E-state index is 0.0760. The Labute approximate surface area is 121 Å². The molecule has 0 aliphatic heterocycles. The lowest BCUT2D eigenvalue weighted by molar-refractivity contribution is 0.557. The van der Waals surface area contributed by atoms with Crippen LogP contribution in [-0.2, 0) is 11.8 Å². The summed E-state index contributed by atoms with van der Waals surface area (Å²) in [6, 6.07) is 20.8. The largest absolute Gasteiger partial charge is 0.384 e. The first-order valence-corrected chi connectivity index (χ1v) is 6.87. The molecule has 0 atom stereocenters. The Hall–Kier alpha value is -2.27. The lowest BCUT2D eigenvalue weighted by atomic mass is 9.84. The highest BCUT2D eigenvalue weighted by atomic mass is 14.9. The standard InChI is InChI=1S/C18H20N2/c1-18(2,16-6-4-3-5-7-16)14-20-17-10-8-15(9-11-17)12-13-19/h3-11,20H,12,14H2,1-2H3. The number of rotatable bonds is 5. The van der Waals surface area contributed by atoms with E-state index in [1.165, 1.54) is 5.56 Å². The molecule has 0 unspecified atom stereocenters. The summed E-state index contributed by atoms with van der Waals surface area (Å²) in [5, 5.41) is 12.1. The molecule has 2 aromatic carbocycles. The monoisotopic (exact) mass is 264 g/mol. The molecular weight excluding hydrogens is 244 g/mol. The highest BCUT2D eigenvalue weighted by Crippen LogP contribution is 2.23. The Balaban J connectivity index is 1.99. The third kappa shape index (κ3) is 3.61. The normalized spacial score (nSPS) is 10.8. The molecule has 1 N–H and O–H groups in total. The molecule has 0 amide bonds. The maximum absolute atomic E-state index is 8.66. The molecule has 0 radical (unpaired) electrons. The van der Waals surface area contributed by atoms with Crippen molar-refractivity contribution in [1.29, 1.82) is 5.26 Å². The van der Waals surface area contributed by atoms with Gasteiger partial charge in [0.1, 0.15) is 0 Å². The summed E-state index contributed by atoms with van der Waals surface area (Å²) < 4.78 is 0. The van der Waals surface area contributed by atoms with Gasteiger partial charge in [0.05, 0.1) is 12.5 Å². The molecule has 0 aliphatic carbocycles. The minimum Gasteiger partial charge on any atom is -0.384 e. The quantitative estimate of drug-likeness (QED) is 0.881. The molecule has 0 fully saturated rings. The summed E-state index contributed by atoms with van der Waals surface area (Å²) in [6.07, 6.45) is 0.468. The number of hydrogen-bond donors (Lipinski definition) is 1. The third-order valence-corrected chi connectivity index (χ3v) is 3.53. The van der Waals surface area contributed by atoms with Crippen LogP contribution in [-0.4, -0.2) is 6.54 Å². The van der Waals surface area contributed by atoms with E-state index in [0.717, 1.165) is 17.8 Å². The molecule has 0 aliphatic rings. The number of hydrogen-bond acceptors (Lipinski definition) is 2. The predicted octanol–water partition coefficient (Wildman–Crippen LogP) is 4.14. The van der Waals surface area contributed by atoms with E-state index in [9.17, 15) is 0 Å². The van der Waals surface area contributed by atoms with Crippen molar-refractivity contribution < 1.29 is 0 Å². The van der Waals surface area contributed by atoms with E-state index < -0.39 is 0 Å². The van der Waals surface area contributed by atoms with E-state index in [0.29, 0.717) is 6.42 Å². The van der Waals surface area contributed by atoms with Gasteiger partial charge in [0, 0.05) is 17.6 Å². The molecule has 2 heteroatoms. The van der Waals surface area contributed by atoms with Crippen molar-refractivity contribution in [3.63, 3.8) is 0 Å². The van der Waals surface area contributed by atoms with Crippen LogP contribution in [0.25, 0.3) is 0 Å². The van der Waals surface area contributed by atoms with E-state index in [1.807, 2.05) is 30.3 Å². The molecule has 2 rings (SSSR count). The van der Waals surface area contributed by atoms with Crippen LogP contribution in [0.2, 0.25) is 0 Å². The Morgan fingerprint density at radius 1 is 1.00 bits per heavy atom. The second kappa shape index (κ2) is 6.25. The van der Waals surface area contributed by atoms with Gasteiger partial charge in [0.15, 0.2) is 0 Å². The molecule has 2 aromatic rings. The third-order valence-electron chi connectivity index (χ3n) is 3.53. The van der Waals surface area contributed by atoms with Gasteiger partial charge in [-0.1, -0.05) is 56.3 Å². The summed E-state index contributed by atoms with van der Waals surface area (Å²) >= 11 is 0. The van der Waals surface area contributed by atoms with Gasteiger partial charge in [-0.25, -0.2) is 0 Å². The van der Waals surface area contributed by atoms with Gasteiger partial charge in [-0.05, 0) is 23.3 Å². The maximum Gasteiger partial charge on any atom is 0.0669 e. The van der Waals surface area contributed by atoms with Gasteiger partial charge in [-0.3, -0.25) is 0 Å². The van der Waals surface area contributed by atoms with Crippen molar-refractivity contribution >= 4 is 5.69 Å². The van der Waals surface area contributed by atoms with E-state index in [-0.39, 0.29) is 5.41 Å². The minimum absolute atomic E-state index is 0.0760. The van der Waals surface area contributed by atoms with Crippen LogP contribution < -0.4 is 5.32 Å². The average molecular weight is 264 g/mol. The fraction of sp³-hybridized carbons (Fsp3) is 0.278. The molecule has 2 nitrogen and oxygen atoms in total. The summed E-state index contributed by atoms with van der Waals surface area (Å²) in [5.74, 6) is 0. The summed E-state index contributed by atoms with van der Waals surface area (Å²) in [6.45, 7) is 5.34. The van der Waals surface area contributed by atoms with Crippen molar-refractivity contribution in [2.75, 3.05) is 11.9 Å². The fourth-order valence-electron chi connectivity index (χ4n) is 2.15. The SMILES string of the molecule is CC(C)(CNc1ccc(CC#N)cc1)c1ccccc1. The zero-order valence-corrected chi connectivity index (χ0v) is 12.1. The van der Waals surface area contributed by atoms with Gasteiger partial charge in [0.25, 0.3) is 0 Å². The number of nitrogens with one attached hydrogen (secondary N) is 1. The Kier molecular flexibility index (Phi) is 4.42. The summed E-state index contributed by atoms with van der Waals surface area (Å²) in [5.41, 5.74) is 3.55. The van der Waals surface area contributed by atoms with Crippen LogP contribution in [0.1, 0.15) is 25.0 Å². The topological polar surface area (TPSA) is 35.8 Å². The van der Waals surface area contributed by atoms with Crippen molar-refractivity contribution in [2.24, 2.45) is 0 Å². The Morgan fingerprint density at radius 2 is 1.65 bits per heavy atom. The van der Waals surface area contributed by atoms with Crippen molar-refractivity contribution in [2.45, 2.75) is 25.7 Å². The van der Waals surface area contributed by atoms with E-state index >= 15 is 0 Å². The zero-order valence-electron chi connectivity index (χ0n) is 12.1. The Morgan fingerprint density at radius 3 is 2.25 bits per heavy atom. The van der Waals surface area contributed by atoms with Gasteiger partial charge in [0.2, 0.25) is 0 Å². The smallest absolute Gasteiger partial charge is 0.0669 e. The van der Waals surface area contributed by atoms with Crippen LogP contribution >= 0.6 is 0 Å². The van der Waals surface area contributed by atoms with Gasteiger partial charge in [-0.2, -0.15) is 5.26 Å². The first kappa shape index (κ1) is 14.1. The lowest BCUT2D eigenvalue weighted by Gasteiger charge is -2.26. The van der Waals surface area contributed by atoms with Crippen LogP contribution in [0.4, 0.5) is 5.69 Å². The van der Waals surface area contributed by atoms with Crippen LogP contribution in [0.3, 0.4) is 0 Å². The lowest BCUT2D eigenvalue weighted by Crippen LogP contribution is -2.27. The number of benzene rings is 2. The number of anilines is 1. The first-order valence-electron chi connectivity index (χ1n) is 6.87. The second-order valence-corrected chi connectivity index (χ2v) is 5.64. The molecule has 0 saturated heterocycles. The highest BCUT2D eigenvalue weighted by Gasteiger charge is 2.19. The van der Waals surface area contributed by atoms with Gasteiger partial charge in [-0.15, -0.1) is 0 Å². The van der Waals surface area contributed by atoms with Gasteiger partial charge < -0.3 is 5.32 Å². The molecule has 102 valence electrons. The molecule has 0 saturated carbocycles. The summed E-state index contributed by atoms with van der Waals surface area (Å²) in [7, 11) is 0. The summed E-state index contributed by atoms with van der Waals surface area (Å²) in [4.78, 5) is 0. The Bertz CT molecular complexity index is 577. The average Bonchev–Trinajstić information content (AvgIpc) is 2.48.